The number of hydrogen-bond donors (Lipinski definition) is 1. The summed E-state index contributed by atoms with van der Waals surface area (Å²) < 4.78 is 0. The van der Waals surface area contributed by atoms with Gasteiger partial charge in [0.05, 0.1) is 4.92 Å². The van der Waals surface area contributed by atoms with Crippen molar-refractivity contribution in [3.8, 4) is 0 Å². The Kier molecular flexibility index (Phi) is 7.19. The molecule has 1 fully saturated rings. The van der Waals surface area contributed by atoms with E-state index in [2.05, 4.69) is 5.32 Å². The predicted molar refractivity (Wildman–Crippen MR) is 115 cm³/mol. The van der Waals surface area contributed by atoms with Crippen molar-refractivity contribution in [3.05, 3.63) is 80.9 Å². The Balaban J connectivity index is 1.49. The summed E-state index contributed by atoms with van der Waals surface area (Å²) in [6.45, 7) is 1.48. The van der Waals surface area contributed by atoms with Crippen LogP contribution in [0, 0.1) is 16.0 Å². The SMILES string of the molecule is O=C(NCc1ccccc1)C1CCN(C(=O)/C=C/c2ccc(Cl)c([N+](=O)[O-])c2)CC1. The molecule has 1 heterocycles. The Morgan fingerprint density at radius 2 is 1.87 bits per heavy atom. The van der Waals surface area contributed by atoms with Crippen molar-refractivity contribution in [1.29, 1.82) is 0 Å². The molecule has 3 rings (SSSR count). The van der Waals surface area contributed by atoms with Gasteiger partial charge in [-0.25, -0.2) is 0 Å². The van der Waals surface area contributed by atoms with Crippen LogP contribution in [0.25, 0.3) is 6.08 Å². The Morgan fingerprint density at radius 3 is 2.53 bits per heavy atom. The lowest BCUT2D eigenvalue weighted by Gasteiger charge is -2.30. The molecule has 156 valence electrons. The van der Waals surface area contributed by atoms with Crippen LogP contribution >= 0.6 is 11.6 Å². The largest absolute Gasteiger partial charge is 0.352 e. The van der Waals surface area contributed by atoms with E-state index in [1.165, 1.54) is 24.3 Å². The van der Waals surface area contributed by atoms with Crippen LogP contribution in [0.5, 0.6) is 0 Å². The van der Waals surface area contributed by atoms with E-state index < -0.39 is 4.92 Å². The highest BCUT2D eigenvalue weighted by atomic mass is 35.5. The third kappa shape index (κ3) is 5.67. The first-order chi connectivity index (χ1) is 14.4. The van der Waals surface area contributed by atoms with Gasteiger partial charge in [-0.05, 0) is 36.1 Å². The van der Waals surface area contributed by atoms with Gasteiger partial charge in [-0.1, -0.05) is 48.0 Å². The number of nitro groups is 1. The number of likely N-dealkylation sites (tertiary alicyclic amines) is 1. The van der Waals surface area contributed by atoms with Crippen LogP contribution in [0.15, 0.2) is 54.6 Å². The van der Waals surface area contributed by atoms with Crippen molar-refractivity contribution in [3.63, 3.8) is 0 Å². The maximum absolute atomic E-state index is 12.4. The molecule has 1 saturated heterocycles. The molecular weight excluding hydrogens is 406 g/mol. The van der Waals surface area contributed by atoms with Crippen molar-refractivity contribution >= 4 is 35.2 Å². The maximum Gasteiger partial charge on any atom is 0.288 e. The summed E-state index contributed by atoms with van der Waals surface area (Å²) in [7, 11) is 0. The molecule has 0 saturated carbocycles. The van der Waals surface area contributed by atoms with E-state index in [4.69, 9.17) is 11.6 Å². The van der Waals surface area contributed by atoms with Crippen molar-refractivity contribution in [2.24, 2.45) is 5.92 Å². The molecule has 0 unspecified atom stereocenters. The summed E-state index contributed by atoms with van der Waals surface area (Å²) in [5.74, 6) is -0.286. The van der Waals surface area contributed by atoms with Gasteiger partial charge in [0.1, 0.15) is 5.02 Å². The van der Waals surface area contributed by atoms with Crippen LogP contribution in [0.1, 0.15) is 24.0 Å². The molecule has 1 aliphatic rings. The maximum atomic E-state index is 12.4. The fraction of sp³-hybridized carbons (Fsp3) is 0.273. The van der Waals surface area contributed by atoms with Crippen LogP contribution in [-0.4, -0.2) is 34.7 Å². The summed E-state index contributed by atoms with van der Waals surface area (Å²) >= 11 is 5.80. The average molecular weight is 428 g/mol. The Labute approximate surface area is 179 Å². The van der Waals surface area contributed by atoms with Crippen molar-refractivity contribution in [2.75, 3.05) is 13.1 Å². The number of nitrogens with zero attached hydrogens (tertiary/aromatic N) is 2. The van der Waals surface area contributed by atoms with E-state index >= 15 is 0 Å². The van der Waals surface area contributed by atoms with Gasteiger partial charge in [-0.2, -0.15) is 0 Å². The van der Waals surface area contributed by atoms with Crippen LogP contribution in [-0.2, 0) is 16.1 Å². The second-order valence-corrected chi connectivity index (χ2v) is 7.51. The molecule has 2 amide bonds. The van der Waals surface area contributed by atoms with E-state index in [0.29, 0.717) is 38.0 Å². The van der Waals surface area contributed by atoms with E-state index in [9.17, 15) is 19.7 Å². The topological polar surface area (TPSA) is 92.6 Å². The highest BCUT2D eigenvalue weighted by Gasteiger charge is 2.26. The van der Waals surface area contributed by atoms with Crippen molar-refractivity contribution < 1.29 is 14.5 Å². The number of piperidine rings is 1. The third-order valence-corrected chi connectivity index (χ3v) is 5.39. The smallest absolute Gasteiger partial charge is 0.288 e. The molecule has 8 heteroatoms. The monoisotopic (exact) mass is 427 g/mol. The Hall–Kier alpha value is -3.19. The first-order valence-electron chi connectivity index (χ1n) is 9.66. The Bertz CT molecular complexity index is 954. The fourth-order valence-electron chi connectivity index (χ4n) is 3.34. The highest BCUT2D eigenvalue weighted by Crippen LogP contribution is 2.25. The zero-order chi connectivity index (χ0) is 21.5. The zero-order valence-corrected chi connectivity index (χ0v) is 17.0. The number of nitrogens with one attached hydrogen (secondary N) is 1. The molecule has 1 N–H and O–H groups in total. The lowest BCUT2D eigenvalue weighted by Crippen LogP contribution is -2.42. The molecule has 2 aromatic rings. The summed E-state index contributed by atoms with van der Waals surface area (Å²) in [6, 6.07) is 14.1. The first-order valence-corrected chi connectivity index (χ1v) is 10.0. The van der Waals surface area contributed by atoms with Crippen molar-refractivity contribution in [2.45, 2.75) is 19.4 Å². The van der Waals surface area contributed by atoms with E-state index in [1.54, 1.807) is 11.0 Å². The van der Waals surface area contributed by atoms with Crippen molar-refractivity contribution in [1.82, 2.24) is 10.2 Å². The molecule has 0 radical (unpaired) electrons. The molecule has 0 atom stereocenters. The van der Waals surface area contributed by atoms with E-state index in [0.717, 1.165) is 5.56 Å². The van der Waals surface area contributed by atoms with Gasteiger partial charge in [0, 0.05) is 37.7 Å². The molecule has 0 spiro atoms. The third-order valence-electron chi connectivity index (χ3n) is 5.07. The van der Waals surface area contributed by atoms with Gasteiger partial charge in [0.15, 0.2) is 0 Å². The molecule has 2 aromatic carbocycles. The predicted octanol–water partition coefficient (Wildman–Crippen LogP) is 3.82. The van der Waals surface area contributed by atoms with Gasteiger partial charge in [0.25, 0.3) is 5.69 Å². The number of nitro benzene ring substituents is 1. The zero-order valence-electron chi connectivity index (χ0n) is 16.3. The standard InChI is InChI=1S/C22H22ClN3O4/c23-19-8-6-16(14-20(19)26(29)30)7-9-21(27)25-12-10-18(11-13-25)22(28)24-15-17-4-2-1-3-5-17/h1-9,14,18H,10-13,15H2,(H,24,28)/b9-7+. The summed E-state index contributed by atoms with van der Waals surface area (Å²) in [6.07, 6.45) is 4.13. The second-order valence-electron chi connectivity index (χ2n) is 7.10. The van der Waals surface area contributed by atoms with Crippen LogP contribution in [0.2, 0.25) is 5.02 Å². The van der Waals surface area contributed by atoms with E-state index in [-0.39, 0.29) is 28.4 Å². The summed E-state index contributed by atoms with van der Waals surface area (Å²) in [4.78, 5) is 36.9. The number of hydrogen-bond acceptors (Lipinski definition) is 4. The molecular formula is C22H22ClN3O4. The van der Waals surface area contributed by atoms with E-state index in [1.807, 2.05) is 30.3 Å². The summed E-state index contributed by atoms with van der Waals surface area (Å²) in [5, 5.41) is 14.0. The number of halogens is 1. The lowest BCUT2D eigenvalue weighted by atomic mass is 9.95. The highest BCUT2D eigenvalue weighted by molar-refractivity contribution is 6.32. The molecule has 0 aliphatic carbocycles. The number of carbonyl (C=O) groups is 2. The molecule has 0 aromatic heterocycles. The number of carbonyl (C=O) groups excluding carboxylic acids is 2. The quantitative estimate of drug-likeness (QED) is 0.431. The van der Waals surface area contributed by atoms with Gasteiger partial charge < -0.3 is 10.2 Å². The fourth-order valence-corrected chi connectivity index (χ4v) is 3.52. The van der Waals surface area contributed by atoms with Gasteiger partial charge >= 0.3 is 0 Å². The minimum atomic E-state index is -0.560. The van der Waals surface area contributed by atoms with Gasteiger partial charge in [-0.15, -0.1) is 0 Å². The van der Waals surface area contributed by atoms with Gasteiger partial charge in [0.2, 0.25) is 11.8 Å². The molecule has 1 aliphatic heterocycles. The van der Waals surface area contributed by atoms with Crippen LogP contribution in [0.3, 0.4) is 0 Å². The Morgan fingerprint density at radius 1 is 1.17 bits per heavy atom. The lowest BCUT2D eigenvalue weighted by molar-refractivity contribution is -0.384. The number of benzene rings is 2. The number of rotatable bonds is 6. The molecule has 0 bridgehead atoms. The summed E-state index contributed by atoms with van der Waals surface area (Å²) in [5.41, 5.74) is 1.37. The van der Waals surface area contributed by atoms with Crippen LogP contribution < -0.4 is 5.32 Å². The minimum Gasteiger partial charge on any atom is -0.352 e. The average Bonchev–Trinajstić information content (AvgIpc) is 2.77. The van der Waals surface area contributed by atoms with Crippen LogP contribution in [0.4, 0.5) is 5.69 Å². The second kappa shape index (κ2) is 10.0. The first kappa shape index (κ1) is 21.5. The normalized spacial score (nSPS) is 14.6. The minimum absolute atomic E-state index is 0.00923. The molecule has 7 nitrogen and oxygen atoms in total. The molecule has 30 heavy (non-hydrogen) atoms. The van der Waals surface area contributed by atoms with Gasteiger partial charge in [-0.3, -0.25) is 19.7 Å². The number of amides is 2.